The first-order chi connectivity index (χ1) is 9.95. The van der Waals surface area contributed by atoms with Gasteiger partial charge in [0.05, 0.1) is 6.04 Å². The molecule has 0 saturated heterocycles. The second-order valence-electron chi connectivity index (χ2n) is 4.85. The fourth-order valence-corrected chi connectivity index (χ4v) is 2.09. The van der Waals surface area contributed by atoms with Crippen LogP contribution in [0.1, 0.15) is 17.2 Å². The Morgan fingerprint density at radius 2 is 1.57 bits per heavy atom. The van der Waals surface area contributed by atoms with Gasteiger partial charge in [-0.1, -0.05) is 18.2 Å². The maximum Gasteiger partial charge on any atom is 0.194 e. The molecule has 0 radical (unpaired) electrons. The van der Waals surface area contributed by atoms with Crippen molar-refractivity contribution in [1.29, 1.82) is 0 Å². The van der Waals surface area contributed by atoms with Crippen molar-refractivity contribution in [2.45, 2.75) is 6.04 Å². The van der Waals surface area contributed by atoms with Gasteiger partial charge in [0, 0.05) is 25.3 Å². The van der Waals surface area contributed by atoms with E-state index in [0.29, 0.717) is 5.56 Å². The van der Waals surface area contributed by atoms with E-state index in [1.54, 1.807) is 12.1 Å². The summed E-state index contributed by atoms with van der Waals surface area (Å²) in [5, 5.41) is 0. The minimum atomic E-state index is -1.50. The van der Waals surface area contributed by atoms with Crippen LogP contribution in [0.2, 0.25) is 0 Å². The number of rotatable bonds is 4. The molecule has 2 rings (SSSR count). The van der Waals surface area contributed by atoms with Gasteiger partial charge in [0.1, 0.15) is 0 Å². The molecular weight excluding hydrogens is 279 g/mol. The maximum absolute atomic E-state index is 13.9. The summed E-state index contributed by atoms with van der Waals surface area (Å²) in [7, 11) is 3.78. The van der Waals surface area contributed by atoms with E-state index in [0.717, 1.165) is 11.8 Å². The molecule has 0 aromatic heterocycles. The molecule has 0 aliphatic heterocycles. The summed E-state index contributed by atoms with van der Waals surface area (Å²) >= 11 is 0. The minimum Gasteiger partial charge on any atom is -0.378 e. The lowest BCUT2D eigenvalue weighted by molar-refractivity contribution is 0.433. The van der Waals surface area contributed by atoms with Crippen LogP contribution in [0.4, 0.5) is 18.9 Å². The second-order valence-corrected chi connectivity index (χ2v) is 4.85. The Bertz CT molecular complexity index is 627. The van der Waals surface area contributed by atoms with Crippen LogP contribution in [0, 0.1) is 17.5 Å². The molecule has 21 heavy (non-hydrogen) atoms. The fourth-order valence-electron chi connectivity index (χ4n) is 2.09. The highest BCUT2D eigenvalue weighted by Gasteiger charge is 2.21. The van der Waals surface area contributed by atoms with Crippen LogP contribution in [0.25, 0.3) is 0 Å². The molecule has 0 saturated carbocycles. The number of nitrogens with zero attached hydrogens (tertiary/aromatic N) is 1. The molecule has 0 aliphatic carbocycles. The molecule has 0 aliphatic rings. The third kappa shape index (κ3) is 3.01. The van der Waals surface area contributed by atoms with Crippen LogP contribution in [-0.2, 0) is 0 Å². The summed E-state index contributed by atoms with van der Waals surface area (Å²) in [6.07, 6.45) is 0. The van der Waals surface area contributed by atoms with Crippen LogP contribution >= 0.6 is 0 Å². The van der Waals surface area contributed by atoms with E-state index in [9.17, 15) is 13.2 Å². The Balaban J connectivity index is 2.42. The second kappa shape index (κ2) is 6.15. The average Bonchev–Trinajstić information content (AvgIpc) is 2.48. The van der Waals surface area contributed by atoms with E-state index in [1.807, 2.05) is 31.1 Å². The van der Waals surface area contributed by atoms with Crippen LogP contribution in [0.5, 0.6) is 0 Å². The number of anilines is 1. The molecule has 0 heterocycles. The largest absolute Gasteiger partial charge is 0.378 e. The predicted octanol–water partition coefficient (Wildman–Crippen LogP) is 2.72. The summed E-state index contributed by atoms with van der Waals surface area (Å²) in [4.78, 5) is 1.91. The molecule has 0 spiro atoms. The summed E-state index contributed by atoms with van der Waals surface area (Å²) in [6, 6.07) is 8.46. The van der Waals surface area contributed by atoms with E-state index in [2.05, 4.69) is 5.43 Å². The summed E-state index contributed by atoms with van der Waals surface area (Å²) in [6.45, 7) is 0. The first-order valence-electron chi connectivity index (χ1n) is 6.32. The van der Waals surface area contributed by atoms with Crippen molar-refractivity contribution >= 4 is 5.69 Å². The van der Waals surface area contributed by atoms with Crippen LogP contribution in [0.15, 0.2) is 36.4 Å². The molecule has 3 nitrogen and oxygen atoms in total. The van der Waals surface area contributed by atoms with Crippen molar-refractivity contribution in [2.75, 3.05) is 19.0 Å². The van der Waals surface area contributed by atoms with Crippen molar-refractivity contribution in [3.8, 4) is 0 Å². The van der Waals surface area contributed by atoms with Crippen molar-refractivity contribution in [2.24, 2.45) is 5.84 Å². The zero-order valence-corrected chi connectivity index (χ0v) is 11.7. The number of nitrogens with one attached hydrogen (secondary N) is 1. The molecule has 2 aromatic rings. The highest BCUT2D eigenvalue weighted by molar-refractivity contribution is 5.47. The molecule has 3 N–H and O–H groups in total. The van der Waals surface area contributed by atoms with Crippen LogP contribution in [0.3, 0.4) is 0 Å². The Morgan fingerprint density at radius 1 is 0.952 bits per heavy atom. The molecule has 112 valence electrons. The lowest BCUT2D eigenvalue weighted by Crippen LogP contribution is -2.30. The fraction of sp³-hybridized carbons (Fsp3) is 0.200. The SMILES string of the molecule is CN(C)c1ccc(C(NN)c2ccc(F)c(F)c2F)cc1. The number of hydrogen-bond donors (Lipinski definition) is 2. The van der Waals surface area contributed by atoms with Gasteiger partial charge < -0.3 is 4.90 Å². The number of nitrogens with two attached hydrogens (primary N) is 1. The predicted molar refractivity (Wildman–Crippen MR) is 76.3 cm³/mol. The smallest absolute Gasteiger partial charge is 0.194 e. The normalized spacial score (nSPS) is 12.3. The molecule has 2 aromatic carbocycles. The topological polar surface area (TPSA) is 41.3 Å². The van der Waals surface area contributed by atoms with Crippen LogP contribution in [-0.4, -0.2) is 14.1 Å². The van der Waals surface area contributed by atoms with Gasteiger partial charge in [-0.3, -0.25) is 5.84 Å². The van der Waals surface area contributed by atoms with Gasteiger partial charge in [-0.25, -0.2) is 18.6 Å². The number of halogens is 3. The maximum atomic E-state index is 13.9. The van der Waals surface area contributed by atoms with Gasteiger partial charge in [0.2, 0.25) is 0 Å². The highest BCUT2D eigenvalue weighted by atomic mass is 19.2. The Morgan fingerprint density at radius 3 is 2.10 bits per heavy atom. The first kappa shape index (κ1) is 15.3. The van der Waals surface area contributed by atoms with E-state index in [-0.39, 0.29) is 5.56 Å². The van der Waals surface area contributed by atoms with E-state index in [4.69, 9.17) is 5.84 Å². The third-order valence-corrected chi connectivity index (χ3v) is 3.29. The van der Waals surface area contributed by atoms with Crippen molar-refractivity contribution in [1.82, 2.24) is 5.43 Å². The average molecular weight is 295 g/mol. The molecule has 0 fully saturated rings. The summed E-state index contributed by atoms with van der Waals surface area (Å²) in [5.41, 5.74) is 3.99. The Labute approximate surface area is 121 Å². The molecule has 1 unspecified atom stereocenters. The molecule has 1 atom stereocenters. The first-order valence-corrected chi connectivity index (χ1v) is 6.32. The summed E-state index contributed by atoms with van der Waals surface area (Å²) < 4.78 is 40.2. The van der Waals surface area contributed by atoms with Gasteiger partial charge >= 0.3 is 0 Å². The van der Waals surface area contributed by atoms with Gasteiger partial charge in [-0.15, -0.1) is 0 Å². The summed E-state index contributed by atoms with van der Waals surface area (Å²) in [5.74, 6) is 1.48. The number of hydrazine groups is 1. The highest BCUT2D eigenvalue weighted by Crippen LogP contribution is 2.27. The third-order valence-electron chi connectivity index (χ3n) is 3.29. The van der Waals surface area contributed by atoms with Crippen LogP contribution < -0.4 is 16.2 Å². The van der Waals surface area contributed by atoms with E-state index >= 15 is 0 Å². The number of benzene rings is 2. The van der Waals surface area contributed by atoms with Crippen molar-refractivity contribution < 1.29 is 13.2 Å². The molecule has 6 heteroatoms. The monoisotopic (exact) mass is 295 g/mol. The quantitative estimate of drug-likeness (QED) is 0.518. The zero-order chi connectivity index (χ0) is 15.6. The molecule has 0 bridgehead atoms. The zero-order valence-electron chi connectivity index (χ0n) is 11.7. The Kier molecular flexibility index (Phi) is 4.50. The van der Waals surface area contributed by atoms with E-state index < -0.39 is 23.5 Å². The van der Waals surface area contributed by atoms with Crippen molar-refractivity contribution in [3.05, 3.63) is 65.0 Å². The minimum absolute atomic E-state index is 0.0472. The van der Waals surface area contributed by atoms with E-state index in [1.165, 1.54) is 6.07 Å². The number of hydrogen-bond acceptors (Lipinski definition) is 3. The Hall–Kier alpha value is -2.05. The van der Waals surface area contributed by atoms with Gasteiger partial charge in [0.25, 0.3) is 0 Å². The van der Waals surface area contributed by atoms with Gasteiger partial charge in [-0.05, 0) is 23.8 Å². The lowest BCUT2D eigenvalue weighted by atomic mass is 9.98. The lowest BCUT2D eigenvalue weighted by Gasteiger charge is -2.19. The standard InChI is InChI=1S/C15H16F3N3/c1-21(2)10-5-3-9(4-6-10)15(20-19)11-7-8-12(16)14(18)13(11)17/h3-8,15,20H,19H2,1-2H3. The van der Waals surface area contributed by atoms with Gasteiger partial charge in [0.15, 0.2) is 17.5 Å². The molecule has 0 amide bonds. The molecular formula is C15H16F3N3. The van der Waals surface area contributed by atoms with Crippen molar-refractivity contribution in [3.63, 3.8) is 0 Å². The van der Waals surface area contributed by atoms with Gasteiger partial charge in [-0.2, -0.15) is 0 Å².